The monoisotopic (exact) mass is 196 g/mol. The third-order valence-corrected chi connectivity index (χ3v) is 4.42. The lowest BCUT2D eigenvalue weighted by atomic mass is 9.70. The third kappa shape index (κ3) is 1.19. The highest BCUT2D eigenvalue weighted by molar-refractivity contribution is 5.66. The van der Waals surface area contributed by atoms with Crippen molar-refractivity contribution < 1.29 is 9.53 Å². The second kappa shape index (κ2) is 2.74. The molecule has 0 aromatic heterocycles. The molecule has 14 heavy (non-hydrogen) atoms. The molecule has 2 fully saturated rings. The van der Waals surface area contributed by atoms with Crippen molar-refractivity contribution in [1.82, 2.24) is 0 Å². The molecule has 0 unspecified atom stereocenters. The van der Waals surface area contributed by atoms with Crippen molar-refractivity contribution in [1.29, 1.82) is 0 Å². The smallest absolute Gasteiger partial charge is 0.302 e. The highest BCUT2D eigenvalue weighted by Crippen LogP contribution is 2.63. The Morgan fingerprint density at radius 1 is 1.36 bits per heavy atom. The van der Waals surface area contributed by atoms with Gasteiger partial charge in [0.2, 0.25) is 0 Å². The molecule has 0 radical (unpaired) electrons. The summed E-state index contributed by atoms with van der Waals surface area (Å²) >= 11 is 0. The summed E-state index contributed by atoms with van der Waals surface area (Å²) in [5.74, 6) is 0.619. The van der Waals surface area contributed by atoms with E-state index in [1.807, 2.05) is 0 Å². The van der Waals surface area contributed by atoms with Crippen LogP contribution in [0.2, 0.25) is 0 Å². The highest BCUT2D eigenvalue weighted by Gasteiger charge is 2.61. The van der Waals surface area contributed by atoms with Gasteiger partial charge in [-0.25, -0.2) is 0 Å². The van der Waals surface area contributed by atoms with Gasteiger partial charge in [0.1, 0.15) is 6.10 Å². The molecule has 0 aromatic rings. The van der Waals surface area contributed by atoms with Crippen LogP contribution in [0.5, 0.6) is 0 Å². The van der Waals surface area contributed by atoms with E-state index in [1.54, 1.807) is 0 Å². The molecule has 3 atom stereocenters. The topological polar surface area (TPSA) is 26.3 Å². The maximum Gasteiger partial charge on any atom is 0.302 e. The Kier molecular flexibility index (Phi) is 1.96. The molecule has 2 saturated carbocycles. The van der Waals surface area contributed by atoms with E-state index in [9.17, 15) is 4.79 Å². The molecule has 2 nitrogen and oxygen atoms in total. The molecule has 2 aliphatic rings. The van der Waals surface area contributed by atoms with Crippen LogP contribution in [-0.4, -0.2) is 12.1 Å². The minimum atomic E-state index is -0.128. The van der Waals surface area contributed by atoms with Gasteiger partial charge in [-0.1, -0.05) is 20.8 Å². The van der Waals surface area contributed by atoms with Crippen LogP contribution in [0, 0.1) is 16.7 Å². The zero-order valence-corrected chi connectivity index (χ0v) is 9.59. The van der Waals surface area contributed by atoms with Crippen LogP contribution in [-0.2, 0) is 9.53 Å². The van der Waals surface area contributed by atoms with Gasteiger partial charge < -0.3 is 4.74 Å². The molecular formula is C12H20O2. The van der Waals surface area contributed by atoms with Crippen LogP contribution >= 0.6 is 0 Å². The van der Waals surface area contributed by atoms with Crippen molar-refractivity contribution >= 4 is 5.97 Å². The first-order valence-corrected chi connectivity index (χ1v) is 5.53. The largest absolute Gasteiger partial charge is 0.461 e. The summed E-state index contributed by atoms with van der Waals surface area (Å²) in [7, 11) is 0. The van der Waals surface area contributed by atoms with E-state index < -0.39 is 0 Å². The number of hydrogen-bond acceptors (Lipinski definition) is 2. The summed E-state index contributed by atoms with van der Waals surface area (Å²) in [5, 5.41) is 0. The molecule has 0 spiro atoms. The molecule has 2 heteroatoms. The first kappa shape index (κ1) is 10.0. The average molecular weight is 196 g/mol. The van der Waals surface area contributed by atoms with Gasteiger partial charge in [0, 0.05) is 17.8 Å². The Hall–Kier alpha value is -0.530. The summed E-state index contributed by atoms with van der Waals surface area (Å²) in [6, 6.07) is 0. The van der Waals surface area contributed by atoms with Crippen molar-refractivity contribution in [2.45, 2.75) is 53.1 Å². The van der Waals surface area contributed by atoms with Crippen LogP contribution in [0.1, 0.15) is 47.0 Å². The predicted molar refractivity (Wildman–Crippen MR) is 54.8 cm³/mol. The molecule has 2 aliphatic carbocycles. The maximum absolute atomic E-state index is 11.1. The van der Waals surface area contributed by atoms with Gasteiger partial charge in [-0.15, -0.1) is 0 Å². The number of carbonyl (C=O) groups excluding carboxylic acids is 1. The Balaban J connectivity index is 2.25. The fraction of sp³-hybridized carbons (Fsp3) is 0.917. The van der Waals surface area contributed by atoms with Crippen LogP contribution < -0.4 is 0 Å². The molecule has 0 heterocycles. The fourth-order valence-corrected chi connectivity index (χ4v) is 3.72. The second-order valence-electron chi connectivity index (χ2n) is 5.90. The lowest BCUT2D eigenvalue weighted by molar-refractivity contribution is -0.161. The number of fused-ring (bicyclic) bond motifs is 2. The molecule has 2 rings (SSSR count). The number of rotatable bonds is 1. The second-order valence-corrected chi connectivity index (χ2v) is 5.90. The first-order chi connectivity index (χ1) is 6.36. The molecule has 0 aromatic carbocycles. The lowest BCUT2D eigenvalue weighted by Crippen LogP contribution is -2.43. The van der Waals surface area contributed by atoms with Crippen LogP contribution in [0.4, 0.5) is 0 Å². The summed E-state index contributed by atoms with van der Waals surface area (Å²) in [5.41, 5.74) is 0.429. The SMILES string of the molecule is CC(=O)O[C@@H]1C(C)(C)[C@H]2CC[C@@]1(C)C2. The number of hydrogen-bond donors (Lipinski definition) is 0. The molecule has 80 valence electrons. The predicted octanol–water partition coefficient (Wildman–Crippen LogP) is 2.76. The van der Waals surface area contributed by atoms with Gasteiger partial charge in [0.15, 0.2) is 0 Å². The van der Waals surface area contributed by atoms with Crippen molar-refractivity contribution in [3.05, 3.63) is 0 Å². The fourth-order valence-electron chi connectivity index (χ4n) is 3.72. The zero-order chi connectivity index (χ0) is 10.6. The minimum Gasteiger partial charge on any atom is -0.461 e. The molecule has 0 amide bonds. The van der Waals surface area contributed by atoms with Crippen LogP contribution in [0.25, 0.3) is 0 Å². The van der Waals surface area contributed by atoms with E-state index in [0.29, 0.717) is 0 Å². The average Bonchev–Trinajstić information content (AvgIpc) is 2.49. The van der Waals surface area contributed by atoms with Gasteiger partial charge in [0.05, 0.1) is 0 Å². The highest BCUT2D eigenvalue weighted by atomic mass is 16.5. The van der Waals surface area contributed by atoms with E-state index in [-0.39, 0.29) is 22.9 Å². The summed E-state index contributed by atoms with van der Waals surface area (Å²) in [6.45, 7) is 8.28. The Bertz CT molecular complexity index is 265. The van der Waals surface area contributed by atoms with E-state index in [4.69, 9.17) is 4.74 Å². The summed E-state index contributed by atoms with van der Waals surface area (Å²) in [6.07, 6.45) is 3.89. The van der Waals surface area contributed by atoms with Crippen LogP contribution in [0.15, 0.2) is 0 Å². The Morgan fingerprint density at radius 2 is 2.00 bits per heavy atom. The van der Waals surface area contributed by atoms with Gasteiger partial charge in [-0.3, -0.25) is 4.79 Å². The molecule has 2 bridgehead atoms. The maximum atomic E-state index is 11.1. The van der Waals surface area contributed by atoms with Gasteiger partial charge in [-0.2, -0.15) is 0 Å². The van der Waals surface area contributed by atoms with Crippen molar-refractivity contribution in [2.75, 3.05) is 0 Å². The number of ether oxygens (including phenoxy) is 1. The van der Waals surface area contributed by atoms with E-state index >= 15 is 0 Å². The van der Waals surface area contributed by atoms with E-state index in [1.165, 1.54) is 26.2 Å². The van der Waals surface area contributed by atoms with Crippen molar-refractivity contribution in [3.8, 4) is 0 Å². The van der Waals surface area contributed by atoms with E-state index in [0.717, 1.165) is 5.92 Å². The quantitative estimate of drug-likeness (QED) is 0.603. The van der Waals surface area contributed by atoms with Gasteiger partial charge in [-0.05, 0) is 25.2 Å². The Labute approximate surface area is 86.0 Å². The molecular weight excluding hydrogens is 176 g/mol. The molecule has 0 aliphatic heterocycles. The normalized spacial score (nSPS) is 44.0. The lowest BCUT2D eigenvalue weighted by Gasteiger charge is -2.41. The first-order valence-electron chi connectivity index (χ1n) is 5.53. The molecule has 0 saturated heterocycles. The third-order valence-electron chi connectivity index (χ3n) is 4.42. The summed E-state index contributed by atoms with van der Waals surface area (Å²) < 4.78 is 5.52. The van der Waals surface area contributed by atoms with E-state index in [2.05, 4.69) is 20.8 Å². The summed E-state index contributed by atoms with van der Waals surface area (Å²) in [4.78, 5) is 11.1. The zero-order valence-electron chi connectivity index (χ0n) is 9.59. The number of esters is 1. The van der Waals surface area contributed by atoms with Gasteiger partial charge in [0.25, 0.3) is 0 Å². The number of carbonyl (C=O) groups is 1. The van der Waals surface area contributed by atoms with Crippen molar-refractivity contribution in [3.63, 3.8) is 0 Å². The minimum absolute atomic E-state index is 0.128. The Morgan fingerprint density at radius 3 is 2.43 bits per heavy atom. The van der Waals surface area contributed by atoms with Crippen LogP contribution in [0.3, 0.4) is 0 Å². The standard InChI is InChI=1S/C12H20O2/c1-8(13)14-10-11(2,3)9-5-6-12(10,4)7-9/h9-10H,5-7H2,1-4H3/t9-,10+,12-/m0/s1. The molecule has 0 N–H and O–H groups in total. The van der Waals surface area contributed by atoms with Gasteiger partial charge >= 0.3 is 5.97 Å². The van der Waals surface area contributed by atoms with Crippen molar-refractivity contribution in [2.24, 2.45) is 16.7 Å².